The summed E-state index contributed by atoms with van der Waals surface area (Å²) >= 11 is 0. The van der Waals surface area contributed by atoms with E-state index in [1.165, 1.54) is 6.20 Å². The number of aryl methyl sites for hydroxylation is 1. The summed E-state index contributed by atoms with van der Waals surface area (Å²) in [5, 5.41) is 0. The second-order valence-corrected chi connectivity index (χ2v) is 4.07. The summed E-state index contributed by atoms with van der Waals surface area (Å²) in [5.41, 5.74) is 7.53. The number of hydrogen-bond donors (Lipinski definition) is 1. The molecule has 5 heteroatoms. The molecule has 0 saturated carbocycles. The van der Waals surface area contributed by atoms with Crippen LogP contribution in [-0.2, 0) is 0 Å². The highest BCUT2D eigenvalue weighted by molar-refractivity contribution is 5.32. The van der Waals surface area contributed by atoms with E-state index in [2.05, 4.69) is 4.98 Å². The minimum absolute atomic E-state index is 0.166. The average Bonchev–Trinajstić information content (AvgIpc) is 2.34. The van der Waals surface area contributed by atoms with Crippen molar-refractivity contribution in [1.29, 1.82) is 0 Å². The second-order valence-electron chi connectivity index (χ2n) is 4.07. The molecule has 0 aliphatic rings. The Morgan fingerprint density at radius 2 is 1.61 bits per heavy atom. The molecule has 2 nitrogen and oxygen atoms in total. The maximum absolute atomic E-state index is 13.1. The fourth-order valence-electron chi connectivity index (χ4n) is 1.70. The number of aromatic nitrogens is 1. The van der Waals surface area contributed by atoms with Gasteiger partial charge in [0.1, 0.15) is 0 Å². The van der Waals surface area contributed by atoms with Gasteiger partial charge in [-0.15, -0.1) is 0 Å². The molecule has 2 N–H and O–H groups in total. The van der Waals surface area contributed by atoms with Gasteiger partial charge in [0.15, 0.2) is 17.5 Å². The number of nitrogens with zero attached hydrogens (tertiary/aromatic N) is 1. The Hall–Kier alpha value is -1.88. The predicted molar refractivity (Wildman–Crippen MR) is 61.3 cm³/mol. The molecular formula is C13H11F3N2. The zero-order valence-electron chi connectivity index (χ0n) is 9.62. The Morgan fingerprint density at radius 3 is 2.17 bits per heavy atom. The van der Waals surface area contributed by atoms with Crippen molar-refractivity contribution in [3.05, 3.63) is 64.7 Å². The predicted octanol–water partition coefficient (Wildman–Crippen LogP) is 2.86. The van der Waals surface area contributed by atoms with Gasteiger partial charge in [0, 0.05) is 12.4 Å². The molecular weight excluding hydrogens is 241 g/mol. The van der Waals surface area contributed by atoms with Gasteiger partial charge >= 0.3 is 0 Å². The van der Waals surface area contributed by atoms with Crippen molar-refractivity contribution >= 4 is 0 Å². The normalized spacial score (nSPS) is 12.5. The third kappa shape index (κ3) is 2.36. The third-order valence-electron chi connectivity index (χ3n) is 2.62. The molecule has 0 bridgehead atoms. The van der Waals surface area contributed by atoms with Crippen molar-refractivity contribution in [1.82, 2.24) is 4.98 Å². The van der Waals surface area contributed by atoms with Crippen LogP contribution in [0.4, 0.5) is 13.2 Å². The summed E-state index contributed by atoms with van der Waals surface area (Å²) in [7, 11) is 0. The van der Waals surface area contributed by atoms with Crippen molar-refractivity contribution in [2.24, 2.45) is 5.73 Å². The molecule has 0 spiro atoms. The van der Waals surface area contributed by atoms with Gasteiger partial charge in [0.25, 0.3) is 0 Å². The first-order chi connectivity index (χ1) is 8.49. The van der Waals surface area contributed by atoms with Gasteiger partial charge in [-0.1, -0.05) is 6.07 Å². The molecule has 2 aromatic rings. The van der Waals surface area contributed by atoms with Gasteiger partial charge in [0.05, 0.1) is 6.04 Å². The van der Waals surface area contributed by atoms with Crippen LogP contribution in [0.5, 0.6) is 0 Å². The van der Waals surface area contributed by atoms with E-state index < -0.39 is 23.5 Å². The summed E-state index contributed by atoms with van der Waals surface area (Å²) < 4.78 is 39.1. The van der Waals surface area contributed by atoms with Crippen LogP contribution in [0.1, 0.15) is 22.7 Å². The van der Waals surface area contributed by atoms with E-state index in [1.807, 2.05) is 6.92 Å². The lowest BCUT2D eigenvalue weighted by atomic mass is 10.00. The first-order valence-electron chi connectivity index (χ1n) is 5.30. The molecule has 0 aliphatic heterocycles. The minimum Gasteiger partial charge on any atom is -0.320 e. The van der Waals surface area contributed by atoms with Gasteiger partial charge in [0.2, 0.25) is 0 Å². The van der Waals surface area contributed by atoms with E-state index in [0.717, 1.165) is 17.7 Å². The van der Waals surface area contributed by atoms with E-state index in [1.54, 1.807) is 12.3 Å². The lowest BCUT2D eigenvalue weighted by Gasteiger charge is -2.13. The average molecular weight is 252 g/mol. The molecule has 1 aromatic heterocycles. The Bertz CT molecular complexity index is 561. The van der Waals surface area contributed by atoms with E-state index in [-0.39, 0.29) is 5.56 Å². The van der Waals surface area contributed by atoms with Gasteiger partial charge in [-0.25, -0.2) is 13.2 Å². The summed E-state index contributed by atoms with van der Waals surface area (Å²) in [6, 6.07) is 2.80. The third-order valence-corrected chi connectivity index (χ3v) is 2.62. The van der Waals surface area contributed by atoms with E-state index in [9.17, 15) is 13.2 Å². The molecule has 0 saturated heterocycles. The SMILES string of the molecule is Cc1cncc(C(N)c2cc(F)c(F)c(F)c2)c1. The first kappa shape index (κ1) is 12.6. The molecule has 1 aromatic carbocycles. The minimum atomic E-state index is -1.49. The van der Waals surface area contributed by atoms with E-state index in [4.69, 9.17) is 5.73 Å². The van der Waals surface area contributed by atoms with Crippen molar-refractivity contribution < 1.29 is 13.2 Å². The number of nitrogens with two attached hydrogens (primary N) is 1. The number of rotatable bonds is 2. The van der Waals surface area contributed by atoms with Crippen LogP contribution in [-0.4, -0.2) is 4.98 Å². The van der Waals surface area contributed by atoms with E-state index in [0.29, 0.717) is 5.56 Å². The Labute approximate surface area is 102 Å². The van der Waals surface area contributed by atoms with Crippen molar-refractivity contribution in [3.63, 3.8) is 0 Å². The Morgan fingerprint density at radius 1 is 1.00 bits per heavy atom. The molecule has 0 fully saturated rings. The van der Waals surface area contributed by atoms with Crippen LogP contribution in [0.25, 0.3) is 0 Å². The van der Waals surface area contributed by atoms with E-state index >= 15 is 0 Å². The summed E-state index contributed by atoms with van der Waals surface area (Å²) in [4.78, 5) is 3.95. The molecule has 0 aliphatic carbocycles. The molecule has 1 atom stereocenters. The highest BCUT2D eigenvalue weighted by Gasteiger charge is 2.16. The highest BCUT2D eigenvalue weighted by Crippen LogP contribution is 2.23. The number of benzene rings is 1. The number of hydrogen-bond acceptors (Lipinski definition) is 2. The van der Waals surface area contributed by atoms with Gasteiger partial charge in [-0.2, -0.15) is 0 Å². The summed E-state index contributed by atoms with van der Waals surface area (Å²) in [6.07, 6.45) is 3.15. The number of halogens is 3. The quantitative estimate of drug-likeness (QED) is 0.835. The van der Waals surface area contributed by atoms with Gasteiger partial charge in [-0.3, -0.25) is 4.98 Å². The maximum Gasteiger partial charge on any atom is 0.194 e. The topological polar surface area (TPSA) is 38.9 Å². The maximum atomic E-state index is 13.1. The molecule has 1 unspecified atom stereocenters. The van der Waals surface area contributed by atoms with Crippen LogP contribution in [0.3, 0.4) is 0 Å². The van der Waals surface area contributed by atoms with Gasteiger partial charge in [-0.05, 0) is 35.7 Å². The first-order valence-corrected chi connectivity index (χ1v) is 5.30. The highest BCUT2D eigenvalue weighted by atomic mass is 19.2. The molecule has 0 radical (unpaired) electrons. The fraction of sp³-hybridized carbons (Fsp3) is 0.154. The van der Waals surface area contributed by atoms with Crippen molar-refractivity contribution in [2.75, 3.05) is 0 Å². The molecule has 2 rings (SSSR count). The Balaban J connectivity index is 2.43. The molecule has 94 valence electrons. The van der Waals surface area contributed by atoms with Crippen LogP contribution < -0.4 is 5.73 Å². The Kier molecular flexibility index (Phi) is 3.34. The standard InChI is InChI=1S/C13H11F3N2/c1-7-2-9(6-18-5-7)13(17)8-3-10(14)12(16)11(15)4-8/h2-6,13H,17H2,1H3. The summed E-state index contributed by atoms with van der Waals surface area (Å²) in [5.74, 6) is -3.99. The van der Waals surface area contributed by atoms with Crippen LogP contribution in [0, 0.1) is 24.4 Å². The second kappa shape index (κ2) is 4.78. The smallest absolute Gasteiger partial charge is 0.194 e. The largest absolute Gasteiger partial charge is 0.320 e. The van der Waals surface area contributed by atoms with Crippen molar-refractivity contribution in [3.8, 4) is 0 Å². The zero-order chi connectivity index (χ0) is 13.3. The molecule has 18 heavy (non-hydrogen) atoms. The summed E-state index contributed by atoms with van der Waals surface area (Å²) in [6.45, 7) is 1.83. The molecule has 1 heterocycles. The van der Waals surface area contributed by atoms with Crippen LogP contribution in [0.2, 0.25) is 0 Å². The lowest BCUT2D eigenvalue weighted by Crippen LogP contribution is -2.13. The monoisotopic (exact) mass is 252 g/mol. The zero-order valence-corrected chi connectivity index (χ0v) is 9.62. The molecule has 0 amide bonds. The van der Waals surface area contributed by atoms with Gasteiger partial charge < -0.3 is 5.73 Å². The van der Waals surface area contributed by atoms with Crippen molar-refractivity contribution in [2.45, 2.75) is 13.0 Å². The number of pyridine rings is 1. The van der Waals surface area contributed by atoms with Crippen LogP contribution in [0.15, 0.2) is 30.6 Å². The van der Waals surface area contributed by atoms with Crippen LogP contribution >= 0.6 is 0 Å². The fourth-order valence-corrected chi connectivity index (χ4v) is 1.70. The lowest BCUT2D eigenvalue weighted by molar-refractivity contribution is 0.444.